The second-order valence-electron chi connectivity index (χ2n) is 5.94. The van der Waals surface area contributed by atoms with E-state index in [1.165, 1.54) is 5.56 Å². The van der Waals surface area contributed by atoms with Crippen LogP contribution in [0.2, 0.25) is 0 Å². The summed E-state index contributed by atoms with van der Waals surface area (Å²) in [5.74, 6) is -0.0233. The van der Waals surface area contributed by atoms with Crippen LogP contribution in [-0.4, -0.2) is 28.9 Å². The summed E-state index contributed by atoms with van der Waals surface area (Å²) in [4.78, 5) is 19.0. The Labute approximate surface area is 142 Å². The maximum absolute atomic E-state index is 12.6. The van der Waals surface area contributed by atoms with Crippen molar-refractivity contribution >= 4 is 22.5 Å². The van der Waals surface area contributed by atoms with Crippen molar-refractivity contribution in [3.05, 3.63) is 72.4 Å². The molecule has 122 valence electrons. The summed E-state index contributed by atoms with van der Waals surface area (Å²) in [6, 6.07) is 19.5. The van der Waals surface area contributed by atoms with Crippen molar-refractivity contribution in [3.8, 4) is 0 Å². The molecular weight excluding hydrogens is 298 g/mol. The first kappa shape index (κ1) is 16.1. The van der Waals surface area contributed by atoms with Crippen molar-refractivity contribution < 1.29 is 4.79 Å². The number of carbonyl (C=O) groups is 1. The van der Waals surface area contributed by atoms with Gasteiger partial charge in [0.15, 0.2) is 0 Å². The number of aromatic nitrogens is 1. The van der Waals surface area contributed by atoms with Gasteiger partial charge in [-0.25, -0.2) is 0 Å². The maximum Gasteiger partial charge on any atom is 0.241 e. The third-order valence-corrected chi connectivity index (χ3v) is 4.22. The van der Waals surface area contributed by atoms with E-state index >= 15 is 0 Å². The van der Waals surface area contributed by atoms with Gasteiger partial charge < -0.3 is 5.32 Å². The number of amides is 1. The monoisotopic (exact) mass is 319 g/mol. The lowest BCUT2D eigenvalue weighted by molar-refractivity contribution is -0.120. The number of hydrogen-bond acceptors (Lipinski definition) is 3. The Balaban J connectivity index is 1.71. The molecule has 0 fully saturated rings. The fourth-order valence-corrected chi connectivity index (χ4v) is 2.66. The van der Waals surface area contributed by atoms with Crippen LogP contribution < -0.4 is 5.32 Å². The van der Waals surface area contributed by atoms with Gasteiger partial charge in [0.1, 0.15) is 0 Å². The Hall–Kier alpha value is -2.72. The molecule has 2 aromatic carbocycles. The molecule has 1 heterocycles. The molecule has 3 rings (SSSR count). The van der Waals surface area contributed by atoms with Gasteiger partial charge in [0, 0.05) is 18.1 Å². The number of likely N-dealkylation sites (N-methyl/N-ethyl adjacent to an activating group) is 1. The van der Waals surface area contributed by atoms with Gasteiger partial charge in [0.25, 0.3) is 0 Å². The van der Waals surface area contributed by atoms with Gasteiger partial charge in [-0.05, 0) is 43.8 Å². The van der Waals surface area contributed by atoms with E-state index in [-0.39, 0.29) is 11.9 Å². The van der Waals surface area contributed by atoms with Gasteiger partial charge >= 0.3 is 0 Å². The normalized spacial score (nSPS) is 12.3. The molecule has 4 heteroatoms. The van der Waals surface area contributed by atoms with Crippen LogP contribution in [-0.2, 0) is 11.3 Å². The molecule has 1 atom stereocenters. The molecule has 0 radical (unpaired) electrons. The standard InChI is InChI=1S/C20H21N3O/c1-15(23(2)14-16-8-4-3-5-9-16)20(24)22-19-12-6-11-18-17(19)10-7-13-21-18/h3-13,15H,14H2,1-2H3,(H,22,24)/t15-/m1/s1. The SMILES string of the molecule is C[C@H](C(=O)Nc1cccc2ncccc12)N(C)Cc1ccccc1. The highest BCUT2D eigenvalue weighted by molar-refractivity contribution is 6.02. The summed E-state index contributed by atoms with van der Waals surface area (Å²) in [5.41, 5.74) is 2.86. The van der Waals surface area contributed by atoms with Gasteiger partial charge in [-0.15, -0.1) is 0 Å². The Bertz CT molecular complexity index is 827. The van der Waals surface area contributed by atoms with Crippen molar-refractivity contribution in [3.63, 3.8) is 0 Å². The number of anilines is 1. The molecule has 1 N–H and O–H groups in total. The lowest BCUT2D eigenvalue weighted by atomic mass is 10.1. The Kier molecular flexibility index (Phi) is 4.87. The third-order valence-electron chi connectivity index (χ3n) is 4.22. The highest BCUT2D eigenvalue weighted by Crippen LogP contribution is 2.21. The average Bonchev–Trinajstić information content (AvgIpc) is 2.62. The molecule has 0 unspecified atom stereocenters. The molecule has 1 amide bonds. The molecule has 3 aromatic rings. The second-order valence-corrected chi connectivity index (χ2v) is 5.94. The summed E-state index contributed by atoms with van der Waals surface area (Å²) in [7, 11) is 1.96. The molecule has 0 aliphatic rings. The van der Waals surface area contributed by atoms with Crippen molar-refractivity contribution in [2.75, 3.05) is 12.4 Å². The van der Waals surface area contributed by atoms with E-state index in [4.69, 9.17) is 0 Å². The zero-order chi connectivity index (χ0) is 16.9. The number of rotatable bonds is 5. The van der Waals surface area contributed by atoms with Gasteiger partial charge in [-0.1, -0.05) is 36.4 Å². The Morgan fingerprint density at radius 2 is 1.88 bits per heavy atom. The Morgan fingerprint density at radius 1 is 1.08 bits per heavy atom. The van der Waals surface area contributed by atoms with Crippen molar-refractivity contribution in [2.24, 2.45) is 0 Å². The van der Waals surface area contributed by atoms with Crippen LogP contribution in [0.3, 0.4) is 0 Å². The zero-order valence-electron chi connectivity index (χ0n) is 13.9. The molecular formula is C20H21N3O. The number of nitrogens with one attached hydrogen (secondary N) is 1. The number of carbonyl (C=O) groups excluding carboxylic acids is 1. The fourth-order valence-electron chi connectivity index (χ4n) is 2.66. The van der Waals surface area contributed by atoms with Crippen molar-refractivity contribution in [2.45, 2.75) is 19.5 Å². The van der Waals surface area contributed by atoms with Crippen LogP contribution in [0.5, 0.6) is 0 Å². The van der Waals surface area contributed by atoms with Crippen LogP contribution in [0.25, 0.3) is 10.9 Å². The van der Waals surface area contributed by atoms with Crippen LogP contribution in [0.15, 0.2) is 66.9 Å². The van der Waals surface area contributed by atoms with Gasteiger partial charge in [0.2, 0.25) is 5.91 Å². The van der Waals surface area contributed by atoms with Gasteiger partial charge in [0.05, 0.1) is 17.2 Å². The molecule has 1 aromatic heterocycles. The van der Waals surface area contributed by atoms with Crippen molar-refractivity contribution in [1.82, 2.24) is 9.88 Å². The predicted octanol–water partition coefficient (Wildman–Crippen LogP) is 3.69. The highest BCUT2D eigenvalue weighted by Gasteiger charge is 2.19. The lowest BCUT2D eigenvalue weighted by Crippen LogP contribution is -2.39. The maximum atomic E-state index is 12.6. The largest absolute Gasteiger partial charge is 0.324 e. The molecule has 0 saturated heterocycles. The fraction of sp³-hybridized carbons (Fsp3) is 0.200. The molecule has 0 bridgehead atoms. The first-order valence-corrected chi connectivity index (χ1v) is 8.04. The van der Waals surface area contributed by atoms with E-state index < -0.39 is 0 Å². The minimum Gasteiger partial charge on any atom is -0.324 e. The van der Waals surface area contributed by atoms with Crippen LogP contribution in [0.4, 0.5) is 5.69 Å². The smallest absolute Gasteiger partial charge is 0.241 e. The molecule has 24 heavy (non-hydrogen) atoms. The van der Waals surface area contributed by atoms with E-state index in [1.54, 1.807) is 6.20 Å². The first-order valence-electron chi connectivity index (χ1n) is 8.04. The van der Waals surface area contributed by atoms with Crippen molar-refractivity contribution in [1.29, 1.82) is 0 Å². The predicted molar refractivity (Wildman–Crippen MR) is 97.7 cm³/mol. The van der Waals surface area contributed by atoms with E-state index in [9.17, 15) is 4.79 Å². The van der Waals surface area contributed by atoms with E-state index in [0.717, 1.165) is 23.1 Å². The van der Waals surface area contributed by atoms with E-state index in [0.29, 0.717) is 0 Å². The summed E-state index contributed by atoms with van der Waals surface area (Å²) in [6.45, 7) is 2.65. The second kappa shape index (κ2) is 7.23. The summed E-state index contributed by atoms with van der Waals surface area (Å²) < 4.78 is 0. The van der Waals surface area contributed by atoms with E-state index in [2.05, 4.69) is 22.4 Å². The number of pyridine rings is 1. The Morgan fingerprint density at radius 3 is 2.67 bits per heavy atom. The van der Waals surface area contributed by atoms with Crippen LogP contribution in [0, 0.1) is 0 Å². The third kappa shape index (κ3) is 3.60. The van der Waals surface area contributed by atoms with Crippen LogP contribution >= 0.6 is 0 Å². The summed E-state index contributed by atoms with van der Waals surface area (Å²) in [5, 5.41) is 3.98. The summed E-state index contributed by atoms with van der Waals surface area (Å²) in [6.07, 6.45) is 1.75. The summed E-state index contributed by atoms with van der Waals surface area (Å²) >= 11 is 0. The van der Waals surface area contributed by atoms with Gasteiger partial charge in [-0.3, -0.25) is 14.7 Å². The minimum atomic E-state index is -0.239. The molecule has 0 aliphatic heterocycles. The highest BCUT2D eigenvalue weighted by atomic mass is 16.2. The first-order chi connectivity index (χ1) is 11.6. The lowest BCUT2D eigenvalue weighted by Gasteiger charge is -2.24. The topological polar surface area (TPSA) is 45.2 Å². The number of hydrogen-bond donors (Lipinski definition) is 1. The number of benzene rings is 2. The molecule has 4 nitrogen and oxygen atoms in total. The molecule has 0 spiro atoms. The quantitative estimate of drug-likeness (QED) is 0.780. The van der Waals surface area contributed by atoms with E-state index in [1.807, 2.05) is 67.4 Å². The molecule has 0 saturated carbocycles. The van der Waals surface area contributed by atoms with Gasteiger partial charge in [-0.2, -0.15) is 0 Å². The minimum absolute atomic E-state index is 0.0233. The zero-order valence-corrected chi connectivity index (χ0v) is 13.9. The number of nitrogens with zero attached hydrogens (tertiary/aromatic N) is 2. The molecule has 0 aliphatic carbocycles. The average molecular weight is 319 g/mol. The number of fused-ring (bicyclic) bond motifs is 1. The van der Waals surface area contributed by atoms with Crippen LogP contribution in [0.1, 0.15) is 12.5 Å².